The number of thiol groups is 1. The van der Waals surface area contributed by atoms with Crippen LogP contribution in [0.4, 0.5) is 0 Å². The predicted octanol–water partition coefficient (Wildman–Crippen LogP) is 5.80. The minimum absolute atomic E-state index is 0.151. The molecule has 0 fully saturated rings. The lowest BCUT2D eigenvalue weighted by Crippen LogP contribution is -2.38. The van der Waals surface area contributed by atoms with Crippen molar-refractivity contribution in [3.8, 4) is 0 Å². The quantitative estimate of drug-likeness (QED) is 0.0698. The van der Waals surface area contributed by atoms with E-state index in [1.807, 2.05) is 0 Å². The Balaban J connectivity index is 4.26. The minimum Gasteiger partial charge on any atom is -0.465 e. The van der Waals surface area contributed by atoms with Gasteiger partial charge in [-0.15, -0.1) is 0 Å². The van der Waals surface area contributed by atoms with Crippen molar-refractivity contribution < 1.29 is 29.3 Å². The first kappa shape index (κ1) is 37.2. The number of hydrogen-bond donors (Lipinski definition) is 3. The highest BCUT2D eigenvalue weighted by Crippen LogP contribution is 2.13. The molecule has 0 rings (SSSR count). The second kappa shape index (κ2) is 25.2. The third-order valence-electron chi connectivity index (χ3n) is 7.43. The third-order valence-corrected chi connectivity index (χ3v) is 7.74. The Labute approximate surface area is 238 Å². The van der Waals surface area contributed by atoms with E-state index in [1.54, 1.807) is 0 Å². The van der Waals surface area contributed by atoms with Gasteiger partial charge in [-0.1, -0.05) is 66.2 Å². The fraction of sp³-hybridized carbons (Fsp3) is 0.933. The van der Waals surface area contributed by atoms with Gasteiger partial charge in [0, 0.05) is 25.9 Å². The highest BCUT2D eigenvalue weighted by Gasteiger charge is 2.17. The SMILES string of the molecule is CCC(CC)COC(=O)CCCCC(O)CN(CCCCS)CC(O)CCCCC(=O)OCC(CC)CC. The van der Waals surface area contributed by atoms with Crippen molar-refractivity contribution >= 4 is 24.6 Å². The molecule has 7 nitrogen and oxygen atoms in total. The average Bonchev–Trinajstić information content (AvgIpc) is 2.90. The molecule has 0 heterocycles. The molecule has 0 saturated heterocycles. The number of aliphatic hydroxyl groups excluding tert-OH is 2. The molecule has 38 heavy (non-hydrogen) atoms. The molecule has 0 bridgehead atoms. The predicted molar refractivity (Wildman–Crippen MR) is 159 cm³/mol. The number of aliphatic hydroxyl groups is 2. The van der Waals surface area contributed by atoms with Crippen LogP contribution in [0.3, 0.4) is 0 Å². The standard InChI is InChI=1S/C30H59NO6S/c1-5-25(6-2)23-36-29(34)17-11-9-15-27(32)21-31(19-13-14-20-38)22-28(33)16-10-12-18-30(35)37-24-26(7-3)8-4/h25-28,32-33,38H,5-24H2,1-4H3. The topological polar surface area (TPSA) is 96.3 Å². The fourth-order valence-electron chi connectivity index (χ4n) is 4.40. The lowest BCUT2D eigenvalue weighted by Gasteiger charge is -2.27. The van der Waals surface area contributed by atoms with Crippen molar-refractivity contribution in [2.24, 2.45) is 11.8 Å². The zero-order chi connectivity index (χ0) is 28.6. The molecule has 8 heteroatoms. The first-order chi connectivity index (χ1) is 18.3. The Hall–Kier alpha value is -0.830. The van der Waals surface area contributed by atoms with Crippen LogP contribution >= 0.6 is 12.6 Å². The van der Waals surface area contributed by atoms with E-state index >= 15 is 0 Å². The molecule has 0 aliphatic carbocycles. The number of unbranched alkanes of at least 4 members (excludes halogenated alkanes) is 3. The van der Waals surface area contributed by atoms with Crippen molar-refractivity contribution in [1.29, 1.82) is 0 Å². The summed E-state index contributed by atoms with van der Waals surface area (Å²) < 4.78 is 10.7. The minimum atomic E-state index is -0.497. The molecule has 0 amide bonds. The Kier molecular flexibility index (Phi) is 24.6. The van der Waals surface area contributed by atoms with Gasteiger partial charge in [0.1, 0.15) is 0 Å². The smallest absolute Gasteiger partial charge is 0.305 e. The molecule has 0 aromatic rings. The summed E-state index contributed by atoms with van der Waals surface area (Å²) in [6, 6.07) is 0. The van der Waals surface area contributed by atoms with Gasteiger partial charge >= 0.3 is 11.9 Å². The summed E-state index contributed by atoms with van der Waals surface area (Å²) >= 11 is 4.29. The molecule has 0 aliphatic heterocycles. The van der Waals surface area contributed by atoms with Crippen molar-refractivity contribution in [3.05, 3.63) is 0 Å². The number of hydrogen-bond acceptors (Lipinski definition) is 8. The summed E-state index contributed by atoms with van der Waals surface area (Å²) in [4.78, 5) is 26.0. The number of carbonyl (C=O) groups is 2. The molecule has 2 unspecified atom stereocenters. The Morgan fingerprint density at radius 3 is 1.47 bits per heavy atom. The van der Waals surface area contributed by atoms with Gasteiger partial charge in [-0.05, 0) is 62.7 Å². The zero-order valence-electron chi connectivity index (χ0n) is 24.9. The van der Waals surface area contributed by atoms with Crippen molar-refractivity contribution in [3.63, 3.8) is 0 Å². The molecule has 2 atom stereocenters. The van der Waals surface area contributed by atoms with Gasteiger partial charge in [0.2, 0.25) is 0 Å². The molecule has 0 aromatic heterocycles. The molecule has 0 radical (unpaired) electrons. The van der Waals surface area contributed by atoms with E-state index in [2.05, 4.69) is 45.2 Å². The van der Waals surface area contributed by atoms with Gasteiger partial charge in [-0.3, -0.25) is 14.5 Å². The van der Waals surface area contributed by atoms with Crippen LogP contribution in [-0.4, -0.2) is 77.9 Å². The Bertz CT molecular complexity index is 527. The number of esters is 2. The van der Waals surface area contributed by atoms with Crippen LogP contribution in [0.25, 0.3) is 0 Å². The number of nitrogens with zero attached hydrogens (tertiary/aromatic N) is 1. The molecule has 0 spiro atoms. The average molecular weight is 562 g/mol. The van der Waals surface area contributed by atoms with E-state index in [4.69, 9.17) is 9.47 Å². The van der Waals surface area contributed by atoms with Gasteiger partial charge < -0.3 is 19.7 Å². The van der Waals surface area contributed by atoms with Crippen molar-refractivity contribution in [1.82, 2.24) is 4.90 Å². The van der Waals surface area contributed by atoms with Crippen molar-refractivity contribution in [2.45, 2.75) is 130 Å². The van der Waals surface area contributed by atoms with E-state index in [0.29, 0.717) is 76.7 Å². The fourth-order valence-corrected chi connectivity index (χ4v) is 4.62. The van der Waals surface area contributed by atoms with E-state index in [-0.39, 0.29) is 11.9 Å². The van der Waals surface area contributed by atoms with E-state index in [1.165, 1.54) is 0 Å². The van der Waals surface area contributed by atoms with E-state index < -0.39 is 12.2 Å². The molecular weight excluding hydrogens is 502 g/mol. The van der Waals surface area contributed by atoms with Crippen LogP contribution in [0.2, 0.25) is 0 Å². The summed E-state index contributed by atoms with van der Waals surface area (Å²) in [6.07, 6.45) is 10.0. The summed E-state index contributed by atoms with van der Waals surface area (Å²) in [5.74, 6) is 1.39. The number of carbonyl (C=O) groups excluding carboxylic acids is 2. The molecule has 0 aliphatic rings. The van der Waals surface area contributed by atoms with Crippen LogP contribution in [-0.2, 0) is 19.1 Å². The van der Waals surface area contributed by atoms with Gasteiger partial charge in [0.15, 0.2) is 0 Å². The van der Waals surface area contributed by atoms with E-state index in [9.17, 15) is 19.8 Å². The first-order valence-corrected chi connectivity index (χ1v) is 15.9. The molecular formula is C30H59NO6S. The Morgan fingerprint density at radius 1 is 0.684 bits per heavy atom. The lowest BCUT2D eigenvalue weighted by atomic mass is 10.1. The van der Waals surface area contributed by atoms with Crippen LogP contribution in [0.1, 0.15) is 118 Å². The largest absolute Gasteiger partial charge is 0.465 e. The van der Waals surface area contributed by atoms with Crippen LogP contribution in [0.15, 0.2) is 0 Å². The van der Waals surface area contributed by atoms with Crippen LogP contribution < -0.4 is 0 Å². The molecule has 0 aromatic carbocycles. The molecule has 0 saturated carbocycles. The maximum absolute atomic E-state index is 11.9. The second-order valence-corrected chi connectivity index (χ2v) is 11.2. The normalized spacial score (nSPS) is 13.3. The van der Waals surface area contributed by atoms with Gasteiger partial charge in [0.05, 0.1) is 25.4 Å². The molecule has 226 valence electrons. The maximum atomic E-state index is 11.9. The number of ether oxygens (including phenoxy) is 2. The lowest BCUT2D eigenvalue weighted by molar-refractivity contribution is -0.146. The van der Waals surface area contributed by atoms with Crippen molar-refractivity contribution in [2.75, 3.05) is 38.6 Å². The second-order valence-electron chi connectivity index (χ2n) is 10.7. The zero-order valence-corrected chi connectivity index (χ0v) is 25.8. The highest BCUT2D eigenvalue weighted by molar-refractivity contribution is 7.80. The summed E-state index contributed by atoms with van der Waals surface area (Å²) in [6.45, 7) is 11.3. The summed E-state index contributed by atoms with van der Waals surface area (Å²) in [7, 11) is 0. The highest BCUT2D eigenvalue weighted by atomic mass is 32.1. The summed E-state index contributed by atoms with van der Waals surface area (Å²) in [5.41, 5.74) is 0. The van der Waals surface area contributed by atoms with Crippen LogP contribution in [0.5, 0.6) is 0 Å². The van der Waals surface area contributed by atoms with E-state index in [0.717, 1.165) is 63.7 Å². The Morgan fingerprint density at radius 2 is 1.11 bits per heavy atom. The third kappa shape index (κ3) is 21.0. The molecule has 2 N–H and O–H groups in total. The number of rotatable bonds is 26. The van der Waals surface area contributed by atoms with Gasteiger partial charge in [-0.25, -0.2) is 0 Å². The van der Waals surface area contributed by atoms with Gasteiger partial charge in [-0.2, -0.15) is 12.6 Å². The maximum Gasteiger partial charge on any atom is 0.305 e. The van der Waals surface area contributed by atoms with Crippen LogP contribution in [0, 0.1) is 11.8 Å². The monoisotopic (exact) mass is 561 g/mol. The summed E-state index contributed by atoms with van der Waals surface area (Å²) in [5, 5.41) is 21.2. The first-order valence-electron chi connectivity index (χ1n) is 15.3. The van der Waals surface area contributed by atoms with Gasteiger partial charge in [0.25, 0.3) is 0 Å².